The summed E-state index contributed by atoms with van der Waals surface area (Å²) in [6, 6.07) is 7.78. The molecule has 2 heterocycles. The Hall–Kier alpha value is -3.40. The van der Waals surface area contributed by atoms with E-state index in [0.717, 1.165) is 11.8 Å². The van der Waals surface area contributed by atoms with Crippen molar-refractivity contribution in [3.63, 3.8) is 0 Å². The number of aryl methyl sites for hydroxylation is 2. The number of aliphatic carboxylic acids is 1. The maximum absolute atomic E-state index is 11.6. The Kier molecular flexibility index (Phi) is 5.59. The van der Waals surface area contributed by atoms with Crippen LogP contribution in [0.3, 0.4) is 0 Å². The minimum absolute atomic E-state index is 0.00275. The van der Waals surface area contributed by atoms with Crippen LogP contribution in [0.5, 0.6) is 0 Å². The fourth-order valence-corrected chi connectivity index (χ4v) is 3.16. The number of carboxylic acid groups (broad SMARTS) is 1. The molecular formula is C18H16N4O5S. The molecule has 3 aromatic rings. The molecular weight excluding hydrogens is 384 g/mol. The number of nitro benzene ring substituents is 1. The summed E-state index contributed by atoms with van der Waals surface area (Å²) in [6.45, 7) is 3.65. The van der Waals surface area contributed by atoms with E-state index in [-0.39, 0.29) is 10.6 Å². The average Bonchev–Trinajstić information content (AvgIpc) is 3.30. The van der Waals surface area contributed by atoms with Crippen LogP contribution >= 0.6 is 11.8 Å². The highest BCUT2D eigenvalue weighted by atomic mass is 32.2. The molecule has 28 heavy (non-hydrogen) atoms. The first-order valence-corrected chi connectivity index (χ1v) is 9.08. The van der Waals surface area contributed by atoms with Crippen molar-refractivity contribution in [2.24, 2.45) is 0 Å². The summed E-state index contributed by atoms with van der Waals surface area (Å²) in [5.74, 6) is 0.363. The monoisotopic (exact) mass is 400 g/mol. The lowest BCUT2D eigenvalue weighted by atomic mass is 10.1. The Balaban J connectivity index is 1.86. The Morgan fingerprint density at radius 1 is 1.39 bits per heavy atom. The Labute approximate surface area is 163 Å². The summed E-state index contributed by atoms with van der Waals surface area (Å²) in [7, 11) is 0. The van der Waals surface area contributed by atoms with Gasteiger partial charge in [0.1, 0.15) is 22.3 Å². The van der Waals surface area contributed by atoms with Crippen molar-refractivity contribution in [1.82, 2.24) is 15.2 Å². The van der Waals surface area contributed by atoms with Crippen LogP contribution in [0.4, 0.5) is 5.69 Å². The van der Waals surface area contributed by atoms with Crippen molar-refractivity contribution < 1.29 is 19.2 Å². The van der Waals surface area contributed by atoms with Crippen molar-refractivity contribution >= 4 is 29.5 Å². The topological polar surface area (TPSA) is 135 Å². The van der Waals surface area contributed by atoms with E-state index in [1.54, 1.807) is 25.1 Å². The van der Waals surface area contributed by atoms with Gasteiger partial charge in [0.15, 0.2) is 0 Å². The molecule has 0 saturated carbocycles. The van der Waals surface area contributed by atoms with E-state index in [2.05, 4.69) is 15.2 Å². The predicted molar refractivity (Wildman–Crippen MR) is 103 cm³/mol. The zero-order chi connectivity index (χ0) is 20.3. The maximum Gasteiger partial charge on any atom is 0.342 e. The molecule has 0 radical (unpaired) electrons. The van der Waals surface area contributed by atoms with Gasteiger partial charge in [0, 0.05) is 30.2 Å². The summed E-state index contributed by atoms with van der Waals surface area (Å²) in [4.78, 5) is 26.1. The van der Waals surface area contributed by atoms with Gasteiger partial charge in [-0.1, -0.05) is 6.92 Å². The smallest absolute Gasteiger partial charge is 0.342 e. The van der Waals surface area contributed by atoms with Crippen LogP contribution in [0.15, 0.2) is 44.8 Å². The number of aromatic amines is 1. The van der Waals surface area contributed by atoms with Crippen molar-refractivity contribution in [2.45, 2.75) is 25.4 Å². The van der Waals surface area contributed by atoms with Crippen LogP contribution in [0, 0.1) is 17.0 Å². The molecule has 0 aliphatic heterocycles. The van der Waals surface area contributed by atoms with Crippen molar-refractivity contribution in [3.05, 3.63) is 62.5 Å². The number of benzene rings is 1. The maximum atomic E-state index is 11.6. The molecule has 2 N–H and O–H groups in total. The normalized spacial score (nSPS) is 11.6. The van der Waals surface area contributed by atoms with Gasteiger partial charge < -0.3 is 9.52 Å². The second-order valence-electron chi connectivity index (χ2n) is 5.79. The highest BCUT2D eigenvalue weighted by molar-refractivity contribution is 8.04. The molecule has 0 aliphatic carbocycles. The Morgan fingerprint density at radius 2 is 2.18 bits per heavy atom. The number of nitrogens with one attached hydrogen (secondary N) is 1. The number of nitro groups is 1. The van der Waals surface area contributed by atoms with Crippen LogP contribution in [0.25, 0.3) is 17.4 Å². The highest BCUT2D eigenvalue weighted by Gasteiger charge is 2.16. The predicted octanol–water partition coefficient (Wildman–Crippen LogP) is 4.06. The average molecular weight is 400 g/mol. The van der Waals surface area contributed by atoms with Crippen LogP contribution in [0.2, 0.25) is 0 Å². The van der Waals surface area contributed by atoms with Gasteiger partial charge in [-0.3, -0.25) is 15.2 Å². The summed E-state index contributed by atoms with van der Waals surface area (Å²) in [5.41, 5.74) is 1.37. The molecule has 2 aromatic heterocycles. The number of hydrogen-bond acceptors (Lipinski definition) is 7. The van der Waals surface area contributed by atoms with Gasteiger partial charge in [0.05, 0.1) is 4.92 Å². The molecule has 0 atom stereocenters. The summed E-state index contributed by atoms with van der Waals surface area (Å²) >= 11 is 0.914. The van der Waals surface area contributed by atoms with Gasteiger partial charge in [0.2, 0.25) is 5.16 Å². The SMILES string of the molecule is CCc1nc(S/C(=C\c2ccc(-c3ccc([N+](=O)[O-])cc3C)o2)C(=O)O)n[nH]1. The molecule has 3 rings (SSSR count). The Bertz CT molecular complexity index is 1070. The van der Waals surface area contributed by atoms with E-state index in [1.165, 1.54) is 18.2 Å². The van der Waals surface area contributed by atoms with Gasteiger partial charge in [-0.2, -0.15) is 0 Å². The van der Waals surface area contributed by atoms with E-state index in [9.17, 15) is 20.0 Å². The fraction of sp³-hybridized carbons (Fsp3) is 0.167. The number of furan rings is 1. The lowest BCUT2D eigenvalue weighted by Gasteiger charge is -2.02. The van der Waals surface area contributed by atoms with E-state index < -0.39 is 10.9 Å². The first-order chi connectivity index (χ1) is 13.4. The molecule has 0 bridgehead atoms. The highest BCUT2D eigenvalue weighted by Crippen LogP contribution is 2.31. The molecule has 0 saturated heterocycles. The summed E-state index contributed by atoms with van der Waals surface area (Å²) < 4.78 is 5.72. The summed E-state index contributed by atoms with van der Waals surface area (Å²) in [5, 5.41) is 27.3. The van der Waals surface area contributed by atoms with E-state index in [4.69, 9.17) is 4.42 Å². The Morgan fingerprint density at radius 3 is 2.79 bits per heavy atom. The standard InChI is InChI=1S/C18H16N4O5S/c1-3-16-19-18(21-20-16)28-15(17(23)24)9-12-5-7-14(27-12)13-6-4-11(22(25)26)8-10(13)2/h4-9H,3H2,1-2H3,(H,23,24)(H,19,20,21)/b15-9-. The number of aromatic nitrogens is 3. The molecule has 1 aromatic carbocycles. The van der Waals surface area contributed by atoms with Crippen LogP contribution in [0.1, 0.15) is 24.1 Å². The van der Waals surface area contributed by atoms with Crippen molar-refractivity contribution in [2.75, 3.05) is 0 Å². The molecule has 0 spiro atoms. The number of carboxylic acids is 1. The molecule has 10 heteroatoms. The zero-order valence-electron chi connectivity index (χ0n) is 15.0. The third kappa shape index (κ3) is 4.29. The lowest BCUT2D eigenvalue weighted by molar-refractivity contribution is -0.384. The first-order valence-electron chi connectivity index (χ1n) is 8.26. The number of carbonyl (C=O) groups is 1. The molecule has 0 unspecified atom stereocenters. The molecule has 9 nitrogen and oxygen atoms in total. The fourth-order valence-electron chi connectivity index (χ4n) is 2.46. The van der Waals surface area contributed by atoms with Crippen molar-refractivity contribution in [3.8, 4) is 11.3 Å². The third-order valence-corrected chi connectivity index (χ3v) is 4.72. The number of H-pyrrole nitrogens is 1. The minimum atomic E-state index is -1.13. The lowest BCUT2D eigenvalue weighted by Crippen LogP contribution is -1.97. The van der Waals surface area contributed by atoms with E-state index >= 15 is 0 Å². The third-order valence-electron chi connectivity index (χ3n) is 3.84. The number of non-ortho nitro benzene ring substituents is 1. The molecule has 0 amide bonds. The van der Waals surface area contributed by atoms with Gasteiger partial charge in [0.25, 0.3) is 5.69 Å². The number of rotatable bonds is 7. The van der Waals surface area contributed by atoms with Gasteiger partial charge in [-0.25, -0.2) is 9.78 Å². The second kappa shape index (κ2) is 8.09. The quantitative estimate of drug-likeness (QED) is 0.262. The van der Waals surface area contributed by atoms with E-state index in [0.29, 0.717) is 40.0 Å². The molecule has 0 fully saturated rings. The first kappa shape index (κ1) is 19.4. The van der Waals surface area contributed by atoms with Crippen LogP contribution < -0.4 is 0 Å². The van der Waals surface area contributed by atoms with Gasteiger partial charge in [-0.15, -0.1) is 5.10 Å². The van der Waals surface area contributed by atoms with Gasteiger partial charge in [-0.05, 0) is 42.4 Å². The number of thioether (sulfide) groups is 1. The number of hydrogen-bond donors (Lipinski definition) is 2. The zero-order valence-corrected chi connectivity index (χ0v) is 15.8. The largest absolute Gasteiger partial charge is 0.477 e. The van der Waals surface area contributed by atoms with Gasteiger partial charge >= 0.3 is 5.97 Å². The van der Waals surface area contributed by atoms with Crippen LogP contribution in [-0.4, -0.2) is 31.2 Å². The van der Waals surface area contributed by atoms with E-state index in [1.807, 2.05) is 6.92 Å². The minimum Gasteiger partial charge on any atom is -0.477 e. The van der Waals surface area contributed by atoms with Crippen molar-refractivity contribution in [1.29, 1.82) is 0 Å². The van der Waals surface area contributed by atoms with Crippen LogP contribution in [-0.2, 0) is 11.2 Å². The second-order valence-corrected chi connectivity index (χ2v) is 6.80. The summed E-state index contributed by atoms with van der Waals surface area (Å²) in [6.07, 6.45) is 2.05. The number of nitrogens with zero attached hydrogens (tertiary/aromatic N) is 3. The molecule has 144 valence electrons. The molecule has 0 aliphatic rings.